The highest BCUT2D eigenvalue weighted by Gasteiger charge is 2.39. The molecular formula is C14H23N5O2. The van der Waals surface area contributed by atoms with Gasteiger partial charge in [-0.3, -0.25) is 9.59 Å². The summed E-state index contributed by atoms with van der Waals surface area (Å²) >= 11 is 0. The smallest absolute Gasteiger partial charge is 0.248 e. The van der Waals surface area contributed by atoms with E-state index in [2.05, 4.69) is 22.3 Å². The summed E-state index contributed by atoms with van der Waals surface area (Å²) in [6, 6.07) is 0. The van der Waals surface area contributed by atoms with Crippen molar-refractivity contribution in [3.63, 3.8) is 0 Å². The van der Waals surface area contributed by atoms with Crippen LogP contribution in [0.4, 0.5) is 0 Å². The topological polar surface area (TPSA) is 80.1 Å². The summed E-state index contributed by atoms with van der Waals surface area (Å²) in [6.45, 7) is 7.34. The number of aryl methyl sites for hydroxylation is 1. The number of rotatable bonds is 5. The summed E-state index contributed by atoms with van der Waals surface area (Å²) in [4.78, 5) is 30.4. The highest BCUT2D eigenvalue weighted by atomic mass is 16.2. The van der Waals surface area contributed by atoms with E-state index in [9.17, 15) is 9.59 Å². The first-order valence-corrected chi connectivity index (χ1v) is 7.47. The molecule has 7 nitrogen and oxygen atoms in total. The molecule has 21 heavy (non-hydrogen) atoms. The van der Waals surface area contributed by atoms with Crippen LogP contribution in [0.15, 0.2) is 6.33 Å². The number of nitrogens with one attached hydrogen (secondary N) is 1. The fraction of sp³-hybridized carbons (Fsp3) is 0.714. The molecule has 2 heterocycles. The van der Waals surface area contributed by atoms with Crippen LogP contribution in [0.1, 0.15) is 45.9 Å². The molecule has 1 unspecified atom stereocenters. The molecule has 1 aromatic heterocycles. The third kappa shape index (κ3) is 3.22. The van der Waals surface area contributed by atoms with E-state index in [1.807, 2.05) is 11.6 Å². The van der Waals surface area contributed by atoms with Crippen molar-refractivity contribution in [1.29, 1.82) is 0 Å². The fourth-order valence-electron chi connectivity index (χ4n) is 2.48. The van der Waals surface area contributed by atoms with Crippen molar-refractivity contribution in [2.45, 2.75) is 58.7 Å². The normalized spacial score (nSPS) is 23.1. The minimum Gasteiger partial charge on any atom is -0.342 e. The van der Waals surface area contributed by atoms with Crippen molar-refractivity contribution in [2.75, 3.05) is 6.54 Å². The van der Waals surface area contributed by atoms with E-state index in [0.29, 0.717) is 25.9 Å². The molecule has 1 saturated heterocycles. The molecular weight excluding hydrogens is 270 g/mol. The summed E-state index contributed by atoms with van der Waals surface area (Å²) < 4.78 is 1.82. The van der Waals surface area contributed by atoms with Crippen molar-refractivity contribution in [2.24, 2.45) is 0 Å². The molecule has 0 aromatic carbocycles. The number of carbonyl (C=O) groups excluding carboxylic acids is 2. The molecule has 1 aromatic rings. The molecule has 0 spiro atoms. The van der Waals surface area contributed by atoms with Gasteiger partial charge in [0, 0.05) is 19.5 Å². The van der Waals surface area contributed by atoms with E-state index in [1.165, 1.54) is 6.33 Å². The molecule has 1 N–H and O–H groups in total. The van der Waals surface area contributed by atoms with Crippen LogP contribution in [0.5, 0.6) is 0 Å². The predicted molar refractivity (Wildman–Crippen MR) is 77.2 cm³/mol. The third-order valence-corrected chi connectivity index (χ3v) is 3.95. The Morgan fingerprint density at radius 3 is 2.81 bits per heavy atom. The van der Waals surface area contributed by atoms with Crippen LogP contribution >= 0.6 is 0 Å². The Kier molecular flexibility index (Phi) is 4.59. The standard InChI is InChI=1S/C14H23N5O2/c1-4-7-19-11(15-10-16-19)9-18-8-6-12(20)17-14(3,5-2)13(18)21/h10H,4-9H2,1-3H3,(H,17,20). The van der Waals surface area contributed by atoms with Gasteiger partial charge in [-0.05, 0) is 19.8 Å². The third-order valence-electron chi connectivity index (χ3n) is 3.95. The average Bonchev–Trinajstić information content (AvgIpc) is 2.85. The largest absolute Gasteiger partial charge is 0.342 e. The van der Waals surface area contributed by atoms with Crippen LogP contribution in [0.2, 0.25) is 0 Å². The number of hydrogen-bond acceptors (Lipinski definition) is 4. The lowest BCUT2D eigenvalue weighted by molar-refractivity contribution is -0.138. The van der Waals surface area contributed by atoms with Crippen LogP contribution in [0, 0.1) is 0 Å². The molecule has 0 aliphatic carbocycles. The number of hydrogen-bond donors (Lipinski definition) is 1. The number of amides is 2. The van der Waals surface area contributed by atoms with E-state index < -0.39 is 5.54 Å². The van der Waals surface area contributed by atoms with E-state index in [1.54, 1.807) is 11.8 Å². The lowest BCUT2D eigenvalue weighted by Gasteiger charge is -2.31. The summed E-state index contributed by atoms with van der Waals surface area (Å²) in [5, 5.41) is 7.01. The molecule has 1 atom stereocenters. The van der Waals surface area contributed by atoms with Crippen molar-refractivity contribution in [1.82, 2.24) is 25.0 Å². The van der Waals surface area contributed by atoms with Gasteiger partial charge in [0.1, 0.15) is 17.7 Å². The quantitative estimate of drug-likeness (QED) is 0.867. The minimum absolute atomic E-state index is 0.0538. The highest BCUT2D eigenvalue weighted by Crippen LogP contribution is 2.19. The van der Waals surface area contributed by atoms with Crippen LogP contribution in [0.25, 0.3) is 0 Å². The van der Waals surface area contributed by atoms with Gasteiger partial charge in [-0.2, -0.15) is 5.10 Å². The Morgan fingerprint density at radius 2 is 2.14 bits per heavy atom. The summed E-state index contributed by atoms with van der Waals surface area (Å²) in [5.74, 6) is 0.630. The lowest BCUT2D eigenvalue weighted by Crippen LogP contribution is -2.54. The molecule has 2 amide bonds. The monoisotopic (exact) mass is 293 g/mol. The maximum absolute atomic E-state index is 12.7. The van der Waals surface area contributed by atoms with Crippen molar-refractivity contribution in [3.05, 3.63) is 12.2 Å². The first kappa shape index (κ1) is 15.5. The first-order chi connectivity index (χ1) is 10.00. The Hall–Kier alpha value is -1.92. The Balaban J connectivity index is 2.19. The molecule has 1 fully saturated rings. The van der Waals surface area contributed by atoms with Crippen LogP contribution in [-0.2, 0) is 22.7 Å². The van der Waals surface area contributed by atoms with Gasteiger partial charge < -0.3 is 10.2 Å². The molecule has 2 rings (SSSR count). The minimum atomic E-state index is -0.830. The van der Waals surface area contributed by atoms with Crippen LogP contribution < -0.4 is 5.32 Å². The molecule has 0 bridgehead atoms. The molecule has 1 aliphatic heterocycles. The number of carbonyl (C=O) groups is 2. The van der Waals surface area contributed by atoms with Gasteiger partial charge in [-0.25, -0.2) is 9.67 Å². The SMILES string of the molecule is CCCn1ncnc1CN1CCC(=O)NC(C)(CC)C1=O. The second kappa shape index (κ2) is 6.24. The predicted octanol–water partition coefficient (Wildman–Crippen LogP) is 0.705. The van der Waals surface area contributed by atoms with Crippen molar-refractivity contribution in [3.8, 4) is 0 Å². The van der Waals surface area contributed by atoms with Crippen molar-refractivity contribution >= 4 is 11.8 Å². The average molecular weight is 293 g/mol. The maximum atomic E-state index is 12.7. The lowest BCUT2D eigenvalue weighted by atomic mass is 9.97. The maximum Gasteiger partial charge on any atom is 0.248 e. The Morgan fingerprint density at radius 1 is 1.38 bits per heavy atom. The van der Waals surface area contributed by atoms with Gasteiger partial charge in [-0.15, -0.1) is 0 Å². The zero-order valence-electron chi connectivity index (χ0n) is 12.9. The molecule has 1 aliphatic rings. The van der Waals surface area contributed by atoms with Gasteiger partial charge in [0.05, 0.1) is 6.54 Å². The summed E-state index contributed by atoms with van der Waals surface area (Å²) in [6.07, 6.45) is 3.35. The molecule has 116 valence electrons. The molecule has 0 saturated carbocycles. The van der Waals surface area contributed by atoms with Gasteiger partial charge in [0.2, 0.25) is 11.8 Å². The molecule has 7 heteroatoms. The Bertz CT molecular complexity index is 527. The van der Waals surface area contributed by atoms with Crippen molar-refractivity contribution < 1.29 is 9.59 Å². The van der Waals surface area contributed by atoms with E-state index >= 15 is 0 Å². The fourth-order valence-corrected chi connectivity index (χ4v) is 2.48. The second-order valence-corrected chi connectivity index (χ2v) is 5.61. The van der Waals surface area contributed by atoms with Gasteiger partial charge in [0.25, 0.3) is 0 Å². The summed E-state index contributed by atoms with van der Waals surface area (Å²) in [5.41, 5.74) is -0.830. The molecule has 0 radical (unpaired) electrons. The first-order valence-electron chi connectivity index (χ1n) is 7.47. The van der Waals surface area contributed by atoms with E-state index in [-0.39, 0.29) is 11.8 Å². The summed E-state index contributed by atoms with van der Waals surface area (Å²) in [7, 11) is 0. The number of nitrogens with zero attached hydrogens (tertiary/aromatic N) is 4. The zero-order valence-corrected chi connectivity index (χ0v) is 12.9. The van der Waals surface area contributed by atoms with Gasteiger partial charge in [0.15, 0.2) is 0 Å². The van der Waals surface area contributed by atoms with Gasteiger partial charge in [-0.1, -0.05) is 13.8 Å². The second-order valence-electron chi connectivity index (χ2n) is 5.61. The zero-order chi connectivity index (χ0) is 15.5. The Labute approximate surface area is 124 Å². The van der Waals surface area contributed by atoms with E-state index in [4.69, 9.17) is 0 Å². The highest BCUT2D eigenvalue weighted by molar-refractivity contribution is 5.93. The van der Waals surface area contributed by atoms with E-state index in [0.717, 1.165) is 18.8 Å². The number of aromatic nitrogens is 3. The van der Waals surface area contributed by atoms with Gasteiger partial charge >= 0.3 is 0 Å². The van der Waals surface area contributed by atoms with Crippen LogP contribution in [0.3, 0.4) is 0 Å². The van der Waals surface area contributed by atoms with Crippen LogP contribution in [-0.4, -0.2) is 43.6 Å².